The van der Waals surface area contributed by atoms with Crippen molar-refractivity contribution >= 4 is 16.8 Å². The van der Waals surface area contributed by atoms with Gasteiger partial charge in [-0.2, -0.15) is 0 Å². The molecule has 1 amide bonds. The summed E-state index contributed by atoms with van der Waals surface area (Å²) >= 11 is 0. The van der Waals surface area contributed by atoms with Crippen molar-refractivity contribution in [3.05, 3.63) is 59.3 Å². The molecule has 0 fully saturated rings. The third-order valence-corrected chi connectivity index (χ3v) is 3.67. The first-order valence-corrected chi connectivity index (χ1v) is 7.41. The average molecular weight is 310 g/mol. The van der Waals surface area contributed by atoms with Crippen LogP contribution in [0.2, 0.25) is 0 Å². The fourth-order valence-corrected chi connectivity index (χ4v) is 2.61. The number of carbonyl (C=O) groups excluding carboxylic acids is 1. The molecule has 0 saturated heterocycles. The van der Waals surface area contributed by atoms with Crippen LogP contribution in [-0.2, 0) is 24.4 Å². The molecule has 3 N–H and O–H groups in total. The maximum absolute atomic E-state index is 12.2. The van der Waals surface area contributed by atoms with Crippen LogP contribution in [0.25, 0.3) is 10.9 Å². The molecule has 0 unspecified atom stereocenters. The number of amides is 1. The average Bonchev–Trinajstić information content (AvgIpc) is 3.06. The summed E-state index contributed by atoms with van der Waals surface area (Å²) < 4.78 is 0. The Kier molecular flexibility index (Phi) is 4.34. The van der Waals surface area contributed by atoms with Gasteiger partial charge in [0.15, 0.2) is 0 Å². The first-order chi connectivity index (χ1) is 11.2. The lowest BCUT2D eigenvalue weighted by Gasteiger charge is -2.10. The van der Waals surface area contributed by atoms with Crippen LogP contribution in [0.3, 0.4) is 0 Å². The van der Waals surface area contributed by atoms with E-state index < -0.39 is 0 Å². The van der Waals surface area contributed by atoms with Gasteiger partial charge in [0.25, 0.3) is 0 Å². The molecule has 0 saturated carbocycles. The number of hydrogen-bond donors (Lipinski definition) is 3. The quantitative estimate of drug-likeness (QED) is 0.668. The van der Waals surface area contributed by atoms with Gasteiger partial charge in [0.2, 0.25) is 5.91 Å². The third kappa shape index (κ3) is 3.37. The molecule has 0 spiro atoms. The van der Waals surface area contributed by atoms with E-state index in [-0.39, 0.29) is 18.9 Å². The van der Waals surface area contributed by atoms with Crippen molar-refractivity contribution < 1.29 is 9.90 Å². The number of carbonyl (C=O) groups is 1. The number of aliphatic hydroxyl groups excluding tert-OH is 1. The molecule has 0 bridgehead atoms. The molecule has 1 aromatic carbocycles. The number of rotatable bonds is 5. The number of nitrogens with zero attached hydrogens (tertiary/aromatic N) is 2. The second-order valence-corrected chi connectivity index (χ2v) is 5.38. The third-order valence-electron chi connectivity index (χ3n) is 3.67. The molecule has 2 aromatic heterocycles. The van der Waals surface area contributed by atoms with Gasteiger partial charge in [-0.3, -0.25) is 9.78 Å². The molecule has 6 heteroatoms. The van der Waals surface area contributed by atoms with E-state index in [1.807, 2.05) is 31.2 Å². The molecule has 3 aromatic rings. The van der Waals surface area contributed by atoms with E-state index in [4.69, 9.17) is 0 Å². The minimum absolute atomic E-state index is 0.0476. The second kappa shape index (κ2) is 6.58. The van der Waals surface area contributed by atoms with Gasteiger partial charge in [-0.15, -0.1) is 0 Å². The van der Waals surface area contributed by atoms with Crippen LogP contribution in [0.5, 0.6) is 0 Å². The van der Waals surface area contributed by atoms with Crippen LogP contribution in [0, 0.1) is 6.92 Å². The summed E-state index contributed by atoms with van der Waals surface area (Å²) in [5.74, 6) is 0.621. The van der Waals surface area contributed by atoms with Crippen LogP contribution >= 0.6 is 0 Å². The summed E-state index contributed by atoms with van der Waals surface area (Å²) in [5.41, 5.74) is 3.26. The molecule has 3 rings (SSSR count). The number of fused-ring (bicyclic) bond motifs is 1. The first kappa shape index (κ1) is 15.2. The van der Waals surface area contributed by atoms with Crippen LogP contribution in [0.1, 0.15) is 22.6 Å². The van der Waals surface area contributed by atoms with E-state index in [9.17, 15) is 9.90 Å². The number of hydrogen-bond acceptors (Lipinski definition) is 4. The molecule has 0 aliphatic rings. The molecular weight excluding hydrogens is 292 g/mol. The fraction of sp³-hybridized carbons (Fsp3) is 0.235. The van der Waals surface area contributed by atoms with Crippen LogP contribution in [-0.4, -0.2) is 26.0 Å². The molecule has 2 heterocycles. The van der Waals surface area contributed by atoms with E-state index in [2.05, 4.69) is 20.3 Å². The van der Waals surface area contributed by atoms with Gasteiger partial charge in [-0.1, -0.05) is 18.2 Å². The Hall–Kier alpha value is -2.73. The fourth-order valence-electron chi connectivity index (χ4n) is 2.61. The van der Waals surface area contributed by atoms with E-state index in [1.165, 1.54) is 0 Å². The lowest BCUT2D eigenvalue weighted by atomic mass is 10.0. The maximum Gasteiger partial charge on any atom is 0.224 e. The maximum atomic E-state index is 12.2. The van der Waals surface area contributed by atoms with Crippen LogP contribution in [0.15, 0.2) is 36.7 Å². The SMILES string of the molecule is Cc1cc(CO)c2cccc(CC(=O)NCc3ncc[nH]3)c2n1. The molecule has 0 radical (unpaired) electrons. The van der Waals surface area contributed by atoms with Crippen molar-refractivity contribution in [3.8, 4) is 0 Å². The normalized spacial score (nSPS) is 10.9. The predicted octanol–water partition coefficient (Wildman–Crippen LogP) is 1.62. The van der Waals surface area contributed by atoms with Crippen molar-refractivity contribution in [3.63, 3.8) is 0 Å². The summed E-state index contributed by atoms with van der Waals surface area (Å²) in [7, 11) is 0. The second-order valence-electron chi connectivity index (χ2n) is 5.38. The van der Waals surface area contributed by atoms with Gasteiger partial charge in [0, 0.05) is 23.5 Å². The van der Waals surface area contributed by atoms with Crippen molar-refractivity contribution in [2.75, 3.05) is 0 Å². The first-order valence-electron chi connectivity index (χ1n) is 7.41. The number of imidazole rings is 1. The Morgan fingerprint density at radius 3 is 2.96 bits per heavy atom. The zero-order chi connectivity index (χ0) is 16.2. The lowest BCUT2D eigenvalue weighted by molar-refractivity contribution is -0.120. The summed E-state index contributed by atoms with van der Waals surface area (Å²) in [4.78, 5) is 23.7. The molecule has 0 atom stereocenters. The summed E-state index contributed by atoms with van der Waals surface area (Å²) in [6.07, 6.45) is 3.60. The van der Waals surface area contributed by atoms with Gasteiger partial charge in [0.1, 0.15) is 5.82 Å². The highest BCUT2D eigenvalue weighted by atomic mass is 16.3. The summed E-state index contributed by atoms with van der Waals surface area (Å²) in [5, 5.41) is 13.2. The number of aryl methyl sites for hydroxylation is 1. The monoisotopic (exact) mass is 310 g/mol. The molecule has 0 aliphatic carbocycles. The molecular formula is C17H18N4O2. The van der Waals surface area contributed by atoms with Gasteiger partial charge < -0.3 is 15.4 Å². The number of benzene rings is 1. The van der Waals surface area contributed by atoms with E-state index >= 15 is 0 Å². The zero-order valence-electron chi connectivity index (χ0n) is 12.8. The number of nitrogens with one attached hydrogen (secondary N) is 2. The van der Waals surface area contributed by atoms with Gasteiger partial charge >= 0.3 is 0 Å². The highest BCUT2D eigenvalue weighted by molar-refractivity contribution is 5.89. The van der Waals surface area contributed by atoms with Gasteiger partial charge in [-0.05, 0) is 24.1 Å². The predicted molar refractivity (Wildman–Crippen MR) is 86.5 cm³/mol. The van der Waals surface area contributed by atoms with E-state index in [0.717, 1.165) is 27.7 Å². The Morgan fingerprint density at radius 2 is 2.22 bits per heavy atom. The van der Waals surface area contributed by atoms with Crippen LogP contribution < -0.4 is 5.32 Å². The summed E-state index contributed by atoms with van der Waals surface area (Å²) in [6, 6.07) is 7.55. The highest BCUT2D eigenvalue weighted by Crippen LogP contribution is 2.22. The molecule has 23 heavy (non-hydrogen) atoms. The topological polar surface area (TPSA) is 90.9 Å². The lowest BCUT2D eigenvalue weighted by Crippen LogP contribution is -2.25. The Bertz CT molecular complexity index is 828. The Balaban J connectivity index is 1.82. The van der Waals surface area contributed by atoms with Crippen LogP contribution in [0.4, 0.5) is 0 Å². The number of aromatic nitrogens is 3. The van der Waals surface area contributed by atoms with Crippen molar-refractivity contribution in [2.45, 2.75) is 26.5 Å². The number of aliphatic hydroxyl groups is 1. The highest BCUT2D eigenvalue weighted by Gasteiger charge is 2.11. The minimum atomic E-state index is -0.0947. The van der Waals surface area contributed by atoms with Crippen molar-refractivity contribution in [1.82, 2.24) is 20.3 Å². The smallest absolute Gasteiger partial charge is 0.224 e. The summed E-state index contributed by atoms with van der Waals surface area (Å²) in [6.45, 7) is 2.20. The van der Waals surface area contributed by atoms with Gasteiger partial charge in [0.05, 0.1) is 25.1 Å². The number of aromatic amines is 1. The molecule has 118 valence electrons. The number of pyridine rings is 1. The number of H-pyrrole nitrogens is 1. The molecule has 0 aliphatic heterocycles. The van der Waals surface area contributed by atoms with Crippen molar-refractivity contribution in [2.24, 2.45) is 0 Å². The standard InChI is InChI=1S/C17H18N4O2/c1-11-7-13(10-22)14-4-2-3-12(17(14)21-11)8-16(23)20-9-15-18-5-6-19-15/h2-7,22H,8-10H2,1H3,(H,18,19)(H,20,23). The van der Waals surface area contributed by atoms with E-state index in [1.54, 1.807) is 12.4 Å². The zero-order valence-corrected chi connectivity index (χ0v) is 12.8. The Morgan fingerprint density at radius 1 is 1.35 bits per heavy atom. The Labute approximate surface area is 133 Å². The molecule has 6 nitrogen and oxygen atoms in total. The number of para-hydroxylation sites is 1. The largest absolute Gasteiger partial charge is 0.392 e. The minimum Gasteiger partial charge on any atom is -0.392 e. The van der Waals surface area contributed by atoms with Gasteiger partial charge in [-0.25, -0.2) is 4.98 Å². The van der Waals surface area contributed by atoms with E-state index in [0.29, 0.717) is 12.4 Å². The van der Waals surface area contributed by atoms with Crippen molar-refractivity contribution in [1.29, 1.82) is 0 Å².